The van der Waals surface area contributed by atoms with Crippen LogP contribution in [0.4, 0.5) is 13.2 Å². The molecule has 144 valence electrons. The van der Waals surface area contributed by atoms with Crippen LogP contribution < -0.4 is 0 Å². The van der Waals surface area contributed by atoms with Crippen molar-refractivity contribution in [3.63, 3.8) is 0 Å². The van der Waals surface area contributed by atoms with Gasteiger partial charge in [0.05, 0.1) is 24.4 Å². The van der Waals surface area contributed by atoms with E-state index in [0.717, 1.165) is 23.4 Å². The Morgan fingerprint density at radius 1 is 1.26 bits per heavy atom. The Morgan fingerprint density at radius 2 is 2.07 bits per heavy atom. The summed E-state index contributed by atoms with van der Waals surface area (Å²) in [5.74, 6) is 0.0875. The molecule has 1 atom stereocenters. The predicted molar refractivity (Wildman–Crippen MR) is 94.1 cm³/mol. The van der Waals surface area contributed by atoms with Crippen LogP contribution >= 0.6 is 0 Å². The van der Waals surface area contributed by atoms with Crippen LogP contribution in [-0.4, -0.2) is 35.5 Å². The van der Waals surface area contributed by atoms with Crippen LogP contribution in [0.15, 0.2) is 42.6 Å². The Hall–Kier alpha value is -2.41. The number of carbonyl (C=O) groups excluding carboxylic acids is 1. The van der Waals surface area contributed by atoms with Gasteiger partial charge in [0, 0.05) is 19.2 Å². The van der Waals surface area contributed by atoms with Crippen molar-refractivity contribution in [3.8, 4) is 0 Å². The number of aromatic nitrogens is 1. The summed E-state index contributed by atoms with van der Waals surface area (Å²) in [5.41, 5.74) is 1.46. The fraction of sp³-hybridized carbons (Fsp3) is 0.400. The Labute approximate surface area is 156 Å². The van der Waals surface area contributed by atoms with Crippen LogP contribution in [0, 0.1) is 0 Å². The smallest absolute Gasteiger partial charge is 0.368 e. The third-order valence-corrected chi connectivity index (χ3v) is 4.56. The van der Waals surface area contributed by atoms with Crippen LogP contribution in [0.25, 0.3) is 0 Å². The number of pyridine rings is 1. The predicted octanol–water partition coefficient (Wildman–Crippen LogP) is 4.00. The van der Waals surface area contributed by atoms with Gasteiger partial charge in [0.15, 0.2) is 0 Å². The first-order chi connectivity index (χ1) is 12.9. The number of benzene rings is 1. The van der Waals surface area contributed by atoms with Crippen LogP contribution in [0.2, 0.25) is 0 Å². The molecule has 27 heavy (non-hydrogen) atoms. The summed E-state index contributed by atoms with van der Waals surface area (Å²) in [6.07, 6.45) is -2.16. The van der Waals surface area contributed by atoms with E-state index in [1.807, 2.05) is 19.1 Å². The van der Waals surface area contributed by atoms with E-state index in [1.54, 1.807) is 17.2 Å². The fourth-order valence-corrected chi connectivity index (χ4v) is 3.10. The largest absolute Gasteiger partial charge is 0.416 e. The standard InChI is InChI=1S/C20H21F3N2O2/c1-2-19(26)25-8-9-27-18(13-25)17-7-6-15(12-24-17)10-14-4-3-5-16(11-14)20(21,22)23/h3-7,11-12,18H,2,8-10,13H2,1H3/t18-/m0/s1. The second-order valence-electron chi connectivity index (χ2n) is 6.52. The van der Waals surface area contributed by atoms with Gasteiger partial charge in [-0.3, -0.25) is 9.78 Å². The van der Waals surface area contributed by atoms with Gasteiger partial charge in [0.25, 0.3) is 0 Å². The highest BCUT2D eigenvalue weighted by Gasteiger charge is 2.30. The minimum Gasteiger partial charge on any atom is -0.368 e. The van der Waals surface area contributed by atoms with E-state index < -0.39 is 11.7 Å². The van der Waals surface area contributed by atoms with Crippen LogP contribution in [-0.2, 0) is 22.1 Å². The average Bonchev–Trinajstić information content (AvgIpc) is 2.67. The van der Waals surface area contributed by atoms with Crippen LogP contribution in [0.3, 0.4) is 0 Å². The van der Waals surface area contributed by atoms with Crippen molar-refractivity contribution in [2.45, 2.75) is 32.0 Å². The Balaban J connectivity index is 1.68. The molecule has 4 nitrogen and oxygen atoms in total. The maximum absolute atomic E-state index is 12.8. The zero-order chi connectivity index (χ0) is 19.4. The van der Waals surface area contributed by atoms with Gasteiger partial charge in [-0.25, -0.2) is 0 Å². The second kappa shape index (κ2) is 8.08. The lowest BCUT2D eigenvalue weighted by Gasteiger charge is -2.32. The molecule has 0 aliphatic carbocycles. The lowest BCUT2D eigenvalue weighted by Crippen LogP contribution is -2.42. The molecule has 0 N–H and O–H groups in total. The van der Waals surface area contributed by atoms with Crippen molar-refractivity contribution >= 4 is 5.91 Å². The molecule has 1 saturated heterocycles. The molecule has 0 spiro atoms. The van der Waals surface area contributed by atoms with Crippen molar-refractivity contribution in [2.24, 2.45) is 0 Å². The number of rotatable bonds is 4. The van der Waals surface area contributed by atoms with Gasteiger partial charge in [-0.1, -0.05) is 31.2 Å². The number of hydrogen-bond acceptors (Lipinski definition) is 3. The SMILES string of the molecule is CCC(=O)N1CCO[C@H](c2ccc(Cc3cccc(C(F)(F)F)c3)cn2)C1. The van der Waals surface area contributed by atoms with E-state index in [2.05, 4.69) is 4.98 Å². The summed E-state index contributed by atoms with van der Waals surface area (Å²) in [6, 6.07) is 8.96. The Kier molecular flexibility index (Phi) is 5.79. The van der Waals surface area contributed by atoms with Crippen molar-refractivity contribution in [1.82, 2.24) is 9.88 Å². The second-order valence-corrected chi connectivity index (χ2v) is 6.52. The molecule has 1 aliphatic rings. The number of amides is 1. The highest BCUT2D eigenvalue weighted by atomic mass is 19.4. The summed E-state index contributed by atoms with van der Waals surface area (Å²) in [7, 11) is 0. The van der Waals surface area contributed by atoms with E-state index >= 15 is 0 Å². The number of carbonyl (C=O) groups is 1. The number of nitrogens with zero attached hydrogens (tertiary/aromatic N) is 2. The Morgan fingerprint density at radius 3 is 2.74 bits per heavy atom. The van der Waals surface area contributed by atoms with Crippen molar-refractivity contribution in [1.29, 1.82) is 0 Å². The van der Waals surface area contributed by atoms with E-state index in [0.29, 0.717) is 38.1 Å². The first-order valence-corrected chi connectivity index (χ1v) is 8.87. The molecule has 2 aromatic rings. The maximum atomic E-state index is 12.8. The van der Waals surface area contributed by atoms with Gasteiger partial charge < -0.3 is 9.64 Å². The number of hydrogen-bond donors (Lipinski definition) is 0. The highest BCUT2D eigenvalue weighted by molar-refractivity contribution is 5.75. The molecule has 0 unspecified atom stereocenters. The van der Waals surface area contributed by atoms with Gasteiger partial charge in [0.1, 0.15) is 6.10 Å². The minimum atomic E-state index is -4.35. The van der Waals surface area contributed by atoms with Crippen LogP contribution in [0.1, 0.15) is 41.8 Å². The minimum absolute atomic E-state index is 0.0875. The van der Waals surface area contributed by atoms with E-state index in [9.17, 15) is 18.0 Å². The van der Waals surface area contributed by atoms with Crippen molar-refractivity contribution < 1.29 is 22.7 Å². The third kappa shape index (κ3) is 4.86. The third-order valence-electron chi connectivity index (χ3n) is 4.56. The van der Waals surface area contributed by atoms with Crippen LogP contribution in [0.5, 0.6) is 0 Å². The molecule has 1 amide bonds. The normalized spacial score (nSPS) is 17.8. The summed E-state index contributed by atoms with van der Waals surface area (Å²) >= 11 is 0. The number of morpholine rings is 1. The first kappa shape index (κ1) is 19.4. The van der Waals surface area contributed by atoms with Gasteiger partial charge in [-0.2, -0.15) is 13.2 Å². The fourth-order valence-electron chi connectivity index (χ4n) is 3.10. The van der Waals surface area contributed by atoms with Crippen molar-refractivity contribution in [3.05, 3.63) is 65.0 Å². The van der Waals surface area contributed by atoms with Gasteiger partial charge in [-0.05, 0) is 29.7 Å². The van der Waals surface area contributed by atoms with Gasteiger partial charge >= 0.3 is 6.18 Å². The molecular weight excluding hydrogens is 357 g/mol. The molecule has 1 aliphatic heterocycles. The molecule has 3 rings (SSSR count). The van der Waals surface area contributed by atoms with E-state index in [4.69, 9.17) is 4.74 Å². The lowest BCUT2D eigenvalue weighted by atomic mass is 10.0. The topological polar surface area (TPSA) is 42.4 Å². The van der Waals surface area contributed by atoms with E-state index in [1.165, 1.54) is 6.07 Å². The zero-order valence-corrected chi connectivity index (χ0v) is 15.0. The van der Waals surface area contributed by atoms with Crippen molar-refractivity contribution in [2.75, 3.05) is 19.7 Å². The van der Waals surface area contributed by atoms with E-state index in [-0.39, 0.29) is 12.0 Å². The summed E-state index contributed by atoms with van der Waals surface area (Å²) in [4.78, 5) is 18.0. The Bertz CT molecular complexity index is 791. The molecule has 7 heteroatoms. The maximum Gasteiger partial charge on any atom is 0.416 e. The quantitative estimate of drug-likeness (QED) is 0.808. The van der Waals surface area contributed by atoms with Gasteiger partial charge in [0.2, 0.25) is 5.91 Å². The molecule has 0 radical (unpaired) electrons. The molecule has 1 fully saturated rings. The first-order valence-electron chi connectivity index (χ1n) is 8.87. The summed E-state index contributed by atoms with van der Waals surface area (Å²) < 4.78 is 44.2. The molecule has 1 aromatic heterocycles. The monoisotopic (exact) mass is 378 g/mol. The van der Waals surface area contributed by atoms with Gasteiger partial charge in [-0.15, -0.1) is 0 Å². The summed E-state index contributed by atoms with van der Waals surface area (Å²) in [5, 5.41) is 0. The number of alkyl halides is 3. The molecule has 2 heterocycles. The average molecular weight is 378 g/mol. The molecule has 0 saturated carbocycles. The zero-order valence-electron chi connectivity index (χ0n) is 15.0. The lowest BCUT2D eigenvalue weighted by molar-refractivity contribution is -0.139. The molecular formula is C20H21F3N2O2. The molecule has 0 bridgehead atoms. The number of ether oxygens (including phenoxy) is 1. The highest BCUT2D eigenvalue weighted by Crippen LogP contribution is 2.30. The summed E-state index contributed by atoms with van der Waals surface area (Å²) in [6.45, 7) is 3.33. The molecule has 1 aromatic carbocycles. The number of halogens is 3.